The molecule has 63 heavy (non-hydrogen) atoms. The summed E-state index contributed by atoms with van der Waals surface area (Å²) in [6, 6.07) is 71.2. The molecule has 0 bridgehead atoms. The molecule has 0 radical (unpaired) electrons. The fourth-order valence-electron chi connectivity index (χ4n) is 10.7. The Balaban J connectivity index is 1.03. The summed E-state index contributed by atoms with van der Waals surface area (Å²) in [5, 5.41) is 9.62. The molecule has 4 aromatic heterocycles. The predicted molar refractivity (Wildman–Crippen MR) is 265 cm³/mol. The molecule has 0 amide bonds. The lowest BCUT2D eigenvalue weighted by molar-refractivity contribution is 0.645. The van der Waals surface area contributed by atoms with Crippen molar-refractivity contribution in [3.05, 3.63) is 216 Å². The van der Waals surface area contributed by atoms with Crippen molar-refractivity contribution in [2.24, 2.45) is 0 Å². The van der Waals surface area contributed by atoms with Crippen molar-refractivity contribution in [1.29, 1.82) is 0 Å². The first-order chi connectivity index (χ1) is 31.2. The maximum Gasteiger partial charge on any atom is 0.213 e. The Morgan fingerprint density at radius 2 is 1.10 bits per heavy atom. The third-order valence-corrected chi connectivity index (χ3v) is 14.7. The highest BCUT2D eigenvalue weighted by Crippen LogP contribution is 2.47. The monoisotopic (exact) mass is 820 g/mol. The van der Waals surface area contributed by atoms with Crippen LogP contribution in [0.5, 0.6) is 0 Å². The van der Waals surface area contributed by atoms with Crippen molar-refractivity contribution in [3.8, 4) is 39.2 Å². The fourth-order valence-corrected chi connectivity index (χ4v) is 11.9. The van der Waals surface area contributed by atoms with Crippen LogP contribution in [-0.4, -0.2) is 9.55 Å². The van der Waals surface area contributed by atoms with Crippen LogP contribution in [0.3, 0.4) is 0 Å². The molecule has 9 aromatic carbocycles. The Morgan fingerprint density at radius 1 is 0.444 bits per heavy atom. The zero-order valence-electron chi connectivity index (χ0n) is 34.1. The van der Waals surface area contributed by atoms with Crippen LogP contribution in [0.1, 0.15) is 22.3 Å². The number of pyridine rings is 1. The van der Waals surface area contributed by atoms with Crippen molar-refractivity contribution in [2.75, 3.05) is 0 Å². The molecule has 0 saturated heterocycles. The molecule has 14 rings (SSSR count). The number of aromatic nitrogens is 2. The number of furan rings is 1. The average Bonchev–Trinajstić information content (AvgIpc) is 4.00. The number of nitrogens with zero attached hydrogens (tertiary/aromatic N) is 2. The van der Waals surface area contributed by atoms with E-state index in [1.165, 1.54) is 75.5 Å². The summed E-state index contributed by atoms with van der Waals surface area (Å²) in [6.07, 6.45) is 1.66. The number of fused-ring (bicyclic) bond motifs is 18. The topological polar surface area (TPSA) is 31.0 Å². The van der Waals surface area contributed by atoms with Gasteiger partial charge in [-0.2, -0.15) is 0 Å². The minimum absolute atomic E-state index is 0.812. The summed E-state index contributed by atoms with van der Waals surface area (Å²) in [5.74, 6) is 0. The van der Waals surface area contributed by atoms with Gasteiger partial charge in [0.05, 0.1) is 22.1 Å². The van der Waals surface area contributed by atoms with E-state index in [1.807, 2.05) is 11.3 Å². The summed E-state index contributed by atoms with van der Waals surface area (Å²) in [4.78, 5) is 5.54. The highest BCUT2D eigenvalue weighted by atomic mass is 32.1. The van der Waals surface area contributed by atoms with E-state index in [0.717, 1.165) is 73.7 Å². The lowest BCUT2D eigenvalue weighted by Crippen LogP contribution is -2.03. The molecule has 0 fully saturated rings. The third kappa shape index (κ3) is 5.16. The van der Waals surface area contributed by atoms with Crippen molar-refractivity contribution in [1.82, 2.24) is 9.55 Å². The van der Waals surface area contributed by atoms with Crippen LogP contribution in [0.4, 0.5) is 0 Å². The minimum Gasteiger partial charge on any atom is -0.439 e. The summed E-state index contributed by atoms with van der Waals surface area (Å²) in [7, 11) is 0. The minimum atomic E-state index is 0.812. The molecule has 4 heterocycles. The first-order valence-electron chi connectivity index (χ1n) is 21.7. The number of hydrogen-bond donors (Lipinski definition) is 0. The van der Waals surface area contributed by atoms with Gasteiger partial charge in [-0.15, -0.1) is 11.3 Å². The molecule has 1 aliphatic rings. The molecule has 4 heteroatoms. The van der Waals surface area contributed by atoms with Crippen LogP contribution in [0.25, 0.3) is 114 Å². The van der Waals surface area contributed by atoms with Crippen LogP contribution < -0.4 is 0 Å². The van der Waals surface area contributed by atoms with E-state index in [9.17, 15) is 0 Å². The van der Waals surface area contributed by atoms with E-state index in [2.05, 4.69) is 199 Å². The summed E-state index contributed by atoms with van der Waals surface area (Å²) >= 11 is 1.87. The van der Waals surface area contributed by atoms with Gasteiger partial charge < -0.3 is 4.42 Å². The van der Waals surface area contributed by atoms with Crippen LogP contribution in [0, 0.1) is 0 Å². The molecule has 3 nitrogen and oxygen atoms in total. The Kier molecular flexibility index (Phi) is 7.39. The van der Waals surface area contributed by atoms with Gasteiger partial charge in [0.1, 0.15) is 5.58 Å². The molecular weight excluding hydrogens is 785 g/mol. The van der Waals surface area contributed by atoms with Gasteiger partial charge >= 0.3 is 0 Å². The Hall–Kier alpha value is -7.79. The summed E-state index contributed by atoms with van der Waals surface area (Å²) < 4.78 is 11.8. The average molecular weight is 821 g/mol. The Morgan fingerprint density at radius 3 is 1.89 bits per heavy atom. The first-order valence-corrected chi connectivity index (χ1v) is 22.5. The zero-order chi connectivity index (χ0) is 41.2. The van der Waals surface area contributed by atoms with Crippen molar-refractivity contribution in [2.45, 2.75) is 12.8 Å². The molecular formula is C59H36N2OS. The van der Waals surface area contributed by atoms with Gasteiger partial charge in [0.2, 0.25) is 5.71 Å². The zero-order valence-corrected chi connectivity index (χ0v) is 34.9. The molecule has 1 aliphatic carbocycles. The summed E-state index contributed by atoms with van der Waals surface area (Å²) in [6.45, 7) is 0. The van der Waals surface area contributed by atoms with E-state index in [0.29, 0.717) is 0 Å². The van der Waals surface area contributed by atoms with Gasteiger partial charge in [0, 0.05) is 53.0 Å². The van der Waals surface area contributed by atoms with Gasteiger partial charge in [-0.05, 0) is 111 Å². The molecule has 0 N–H and O–H groups in total. The van der Waals surface area contributed by atoms with Gasteiger partial charge in [0.25, 0.3) is 0 Å². The fraction of sp³-hybridized carbons (Fsp3) is 0.0339. The number of benzene rings is 9. The second kappa shape index (κ2) is 13.4. The molecule has 0 atom stereocenters. The molecule has 0 saturated carbocycles. The van der Waals surface area contributed by atoms with Crippen LogP contribution in [0.15, 0.2) is 199 Å². The van der Waals surface area contributed by atoms with Crippen molar-refractivity contribution >= 4 is 86.2 Å². The van der Waals surface area contributed by atoms with Crippen LogP contribution >= 0.6 is 11.3 Å². The first kappa shape index (κ1) is 34.9. The van der Waals surface area contributed by atoms with Gasteiger partial charge in [0.15, 0.2) is 0 Å². The van der Waals surface area contributed by atoms with Crippen LogP contribution in [-0.2, 0) is 12.8 Å². The maximum absolute atomic E-state index is 6.86. The highest BCUT2D eigenvalue weighted by molar-refractivity contribution is 7.26. The number of hydrogen-bond acceptors (Lipinski definition) is 3. The quantitative estimate of drug-likeness (QED) is 0.163. The Bertz CT molecular complexity index is 4050. The third-order valence-electron chi connectivity index (χ3n) is 13.5. The highest BCUT2D eigenvalue weighted by Gasteiger charge is 2.25. The normalized spacial score (nSPS) is 12.6. The van der Waals surface area contributed by atoms with Gasteiger partial charge in [-0.3, -0.25) is 4.57 Å². The molecule has 0 aliphatic heterocycles. The smallest absolute Gasteiger partial charge is 0.213 e. The van der Waals surface area contributed by atoms with Crippen molar-refractivity contribution in [3.63, 3.8) is 0 Å². The second-order valence-corrected chi connectivity index (χ2v) is 18.0. The SMILES string of the molecule is c1cc(-c2nc3ccccc3c3cc4c(cc23)-c2ccccc2Cc2ccccc2-c2ccccc2C4)cc(-n2c3ccc4c5ccccc5sc4c3c3c4ccccc4oc32)c1. The maximum atomic E-state index is 6.86. The predicted octanol–water partition coefficient (Wildman–Crippen LogP) is 16.1. The molecule has 0 unspecified atom stereocenters. The van der Waals surface area contributed by atoms with E-state index >= 15 is 0 Å². The number of rotatable bonds is 2. The number of para-hydroxylation sites is 2. The Labute approximate surface area is 366 Å². The van der Waals surface area contributed by atoms with Gasteiger partial charge in [-0.1, -0.05) is 146 Å². The van der Waals surface area contributed by atoms with E-state index < -0.39 is 0 Å². The molecule has 294 valence electrons. The van der Waals surface area contributed by atoms with Gasteiger partial charge in [-0.25, -0.2) is 4.98 Å². The molecule has 13 aromatic rings. The lowest BCUT2D eigenvalue weighted by Gasteiger charge is -2.22. The lowest BCUT2D eigenvalue weighted by atomic mass is 9.82. The standard InChI is InChI=1S/C59H36N2OS/c1-4-19-41-35(14-1)30-36-15-3-6-21-43(36)48-34-50-49(33-39(48)31-37-16-2-5-20-42(37)41)44-22-7-10-25-51(44)60-57(50)38-17-13-18-40(32-38)61-52-29-28-46-45-23-9-12-27-54(45)63-58(46)56(52)55-47-24-8-11-26-53(47)62-59(55)61/h1-29,32-34H,30-31H2. The van der Waals surface area contributed by atoms with E-state index in [-0.39, 0.29) is 0 Å². The number of thiophene rings is 1. The van der Waals surface area contributed by atoms with Crippen LogP contribution in [0.2, 0.25) is 0 Å². The van der Waals surface area contributed by atoms with E-state index in [1.54, 1.807) is 0 Å². The van der Waals surface area contributed by atoms with Crippen molar-refractivity contribution < 1.29 is 4.42 Å². The summed E-state index contributed by atoms with van der Waals surface area (Å²) in [5.41, 5.74) is 17.4. The molecule has 0 spiro atoms. The largest absolute Gasteiger partial charge is 0.439 e. The van der Waals surface area contributed by atoms with E-state index in [4.69, 9.17) is 9.40 Å². The second-order valence-electron chi connectivity index (χ2n) is 17.0.